The van der Waals surface area contributed by atoms with Crippen LogP contribution in [0.5, 0.6) is 0 Å². The molecule has 3 rings (SSSR count). The van der Waals surface area contributed by atoms with Crippen LogP contribution in [0.25, 0.3) is 6.08 Å². The Labute approximate surface area is 187 Å². The molecule has 0 atom stereocenters. The number of carbonyl (C=O) groups excluding carboxylic acids is 2. The minimum absolute atomic E-state index is 0.0472. The number of aryl methyl sites for hydroxylation is 1. The molecule has 0 bridgehead atoms. The maximum Gasteiger partial charge on any atom is 0.272 e. The number of hydrogen-bond acceptors (Lipinski definition) is 4. The van der Waals surface area contributed by atoms with Gasteiger partial charge in [0.1, 0.15) is 5.70 Å². The zero-order valence-electron chi connectivity index (χ0n) is 16.5. The summed E-state index contributed by atoms with van der Waals surface area (Å²) in [7, 11) is 0. The van der Waals surface area contributed by atoms with E-state index in [0.29, 0.717) is 16.8 Å². The van der Waals surface area contributed by atoms with Crippen molar-refractivity contribution < 1.29 is 14.5 Å². The predicted octanol–water partition coefficient (Wildman–Crippen LogP) is 5.08. The Morgan fingerprint density at radius 2 is 1.68 bits per heavy atom. The van der Waals surface area contributed by atoms with Gasteiger partial charge >= 0.3 is 0 Å². The van der Waals surface area contributed by atoms with E-state index < -0.39 is 16.7 Å². The minimum Gasteiger partial charge on any atom is -0.321 e. The molecule has 31 heavy (non-hydrogen) atoms. The first-order valence-corrected chi connectivity index (χ1v) is 10.0. The SMILES string of the molecule is Cc1ccc(NC(=O)C(=Cc2cccc([N+](=O)[O-])c2)NC(=O)c2ccc(Br)cc2)cc1. The number of benzene rings is 3. The zero-order valence-corrected chi connectivity index (χ0v) is 18.0. The Morgan fingerprint density at radius 1 is 1.00 bits per heavy atom. The second-order valence-electron chi connectivity index (χ2n) is 6.69. The molecule has 3 aromatic carbocycles. The van der Waals surface area contributed by atoms with E-state index in [1.165, 1.54) is 24.3 Å². The van der Waals surface area contributed by atoms with E-state index in [-0.39, 0.29) is 11.4 Å². The normalized spacial score (nSPS) is 11.0. The molecule has 0 aromatic heterocycles. The molecule has 8 heteroatoms. The molecule has 0 saturated carbocycles. The van der Waals surface area contributed by atoms with Gasteiger partial charge in [-0.2, -0.15) is 0 Å². The lowest BCUT2D eigenvalue weighted by Gasteiger charge is -2.12. The lowest BCUT2D eigenvalue weighted by Crippen LogP contribution is -2.30. The summed E-state index contributed by atoms with van der Waals surface area (Å²) in [6, 6.07) is 19.6. The molecule has 3 aromatic rings. The predicted molar refractivity (Wildman–Crippen MR) is 122 cm³/mol. The molecule has 0 aliphatic carbocycles. The van der Waals surface area contributed by atoms with Crippen LogP contribution in [-0.2, 0) is 4.79 Å². The van der Waals surface area contributed by atoms with Gasteiger partial charge in [0.15, 0.2) is 0 Å². The monoisotopic (exact) mass is 479 g/mol. The molecule has 0 saturated heterocycles. The molecule has 156 valence electrons. The van der Waals surface area contributed by atoms with Crippen molar-refractivity contribution >= 4 is 45.2 Å². The quantitative estimate of drug-likeness (QED) is 0.292. The fourth-order valence-corrected chi connectivity index (χ4v) is 2.95. The molecule has 2 amide bonds. The van der Waals surface area contributed by atoms with Crippen LogP contribution in [0.1, 0.15) is 21.5 Å². The molecule has 0 heterocycles. The Morgan fingerprint density at radius 3 is 2.32 bits per heavy atom. The lowest BCUT2D eigenvalue weighted by molar-refractivity contribution is -0.384. The van der Waals surface area contributed by atoms with E-state index in [4.69, 9.17) is 0 Å². The highest BCUT2D eigenvalue weighted by molar-refractivity contribution is 9.10. The summed E-state index contributed by atoms with van der Waals surface area (Å²) < 4.78 is 0.813. The maximum atomic E-state index is 12.9. The van der Waals surface area contributed by atoms with E-state index in [9.17, 15) is 19.7 Å². The molecule has 2 N–H and O–H groups in total. The van der Waals surface area contributed by atoms with Gasteiger partial charge in [-0.05, 0) is 55.0 Å². The second kappa shape index (κ2) is 9.82. The van der Waals surface area contributed by atoms with Crippen molar-refractivity contribution in [1.29, 1.82) is 0 Å². The average molecular weight is 480 g/mol. The average Bonchev–Trinajstić information content (AvgIpc) is 2.75. The van der Waals surface area contributed by atoms with E-state index in [1.807, 2.05) is 19.1 Å². The van der Waals surface area contributed by atoms with Crippen molar-refractivity contribution in [2.75, 3.05) is 5.32 Å². The number of nitro benzene ring substituents is 1. The van der Waals surface area contributed by atoms with Crippen molar-refractivity contribution in [2.45, 2.75) is 6.92 Å². The van der Waals surface area contributed by atoms with Crippen molar-refractivity contribution in [3.05, 3.63) is 110 Å². The highest BCUT2D eigenvalue weighted by Crippen LogP contribution is 2.17. The summed E-state index contributed by atoms with van der Waals surface area (Å²) in [5.41, 5.74) is 2.18. The van der Waals surface area contributed by atoms with Gasteiger partial charge in [0.25, 0.3) is 17.5 Å². The number of nitro groups is 1. The van der Waals surface area contributed by atoms with Crippen LogP contribution in [0.2, 0.25) is 0 Å². The molecule has 0 spiro atoms. The van der Waals surface area contributed by atoms with Crippen LogP contribution in [0.3, 0.4) is 0 Å². The van der Waals surface area contributed by atoms with Gasteiger partial charge in [-0.25, -0.2) is 0 Å². The van der Waals surface area contributed by atoms with Gasteiger partial charge in [0, 0.05) is 27.9 Å². The number of amides is 2. The fourth-order valence-electron chi connectivity index (χ4n) is 2.68. The summed E-state index contributed by atoms with van der Waals surface area (Å²) in [5, 5.41) is 16.4. The van der Waals surface area contributed by atoms with Crippen LogP contribution in [0.4, 0.5) is 11.4 Å². The van der Waals surface area contributed by atoms with Crippen LogP contribution in [0, 0.1) is 17.0 Å². The van der Waals surface area contributed by atoms with Gasteiger partial charge in [-0.15, -0.1) is 0 Å². The smallest absolute Gasteiger partial charge is 0.272 e. The third kappa shape index (κ3) is 6.10. The molecular formula is C23H18BrN3O4. The summed E-state index contributed by atoms with van der Waals surface area (Å²) in [5.74, 6) is -1.04. The van der Waals surface area contributed by atoms with E-state index in [2.05, 4.69) is 26.6 Å². The number of anilines is 1. The highest BCUT2D eigenvalue weighted by Gasteiger charge is 2.16. The van der Waals surface area contributed by atoms with Crippen molar-refractivity contribution in [3.8, 4) is 0 Å². The van der Waals surface area contributed by atoms with E-state index in [1.54, 1.807) is 42.5 Å². The second-order valence-corrected chi connectivity index (χ2v) is 7.61. The molecule has 0 aliphatic rings. The van der Waals surface area contributed by atoms with Gasteiger partial charge in [0.2, 0.25) is 0 Å². The molecule has 0 fully saturated rings. The van der Waals surface area contributed by atoms with Crippen LogP contribution < -0.4 is 10.6 Å². The van der Waals surface area contributed by atoms with Gasteiger partial charge in [0.05, 0.1) is 4.92 Å². The molecule has 0 aliphatic heterocycles. The van der Waals surface area contributed by atoms with Crippen molar-refractivity contribution in [3.63, 3.8) is 0 Å². The molecule has 7 nitrogen and oxygen atoms in total. The lowest BCUT2D eigenvalue weighted by atomic mass is 10.1. The van der Waals surface area contributed by atoms with Crippen molar-refractivity contribution in [2.24, 2.45) is 0 Å². The van der Waals surface area contributed by atoms with Crippen molar-refractivity contribution in [1.82, 2.24) is 5.32 Å². The number of nitrogens with one attached hydrogen (secondary N) is 2. The fraction of sp³-hybridized carbons (Fsp3) is 0.0435. The maximum absolute atomic E-state index is 12.9. The van der Waals surface area contributed by atoms with Gasteiger partial charge < -0.3 is 10.6 Å². The molecule has 0 unspecified atom stereocenters. The van der Waals surface area contributed by atoms with E-state index in [0.717, 1.165) is 10.0 Å². The first-order valence-electron chi connectivity index (χ1n) is 9.23. The number of hydrogen-bond donors (Lipinski definition) is 2. The number of non-ortho nitro benzene ring substituents is 1. The number of halogens is 1. The van der Waals surface area contributed by atoms with Crippen LogP contribution in [0.15, 0.2) is 83.0 Å². The Bertz CT molecular complexity index is 1160. The molecular weight excluding hydrogens is 462 g/mol. The zero-order chi connectivity index (χ0) is 22.4. The van der Waals surface area contributed by atoms with Crippen LogP contribution in [-0.4, -0.2) is 16.7 Å². The summed E-state index contributed by atoms with van der Waals surface area (Å²) >= 11 is 3.31. The van der Waals surface area contributed by atoms with Gasteiger partial charge in [-0.1, -0.05) is 45.8 Å². The first-order chi connectivity index (χ1) is 14.8. The number of carbonyl (C=O) groups is 2. The first kappa shape index (κ1) is 21.9. The largest absolute Gasteiger partial charge is 0.321 e. The minimum atomic E-state index is -0.555. The highest BCUT2D eigenvalue weighted by atomic mass is 79.9. The third-order valence-corrected chi connectivity index (χ3v) is 4.83. The standard InChI is InChI=1S/C23H18BrN3O4/c1-15-5-11-19(12-6-15)25-23(29)21(14-16-3-2-4-20(13-16)27(30)31)26-22(28)17-7-9-18(24)10-8-17/h2-14H,1H3,(H,25,29)(H,26,28). The van der Waals surface area contributed by atoms with Gasteiger partial charge in [-0.3, -0.25) is 19.7 Å². The third-order valence-electron chi connectivity index (χ3n) is 4.30. The Kier molecular flexibility index (Phi) is 6.94. The summed E-state index contributed by atoms with van der Waals surface area (Å²) in [6.45, 7) is 1.93. The molecule has 0 radical (unpaired) electrons. The number of nitrogens with zero attached hydrogens (tertiary/aromatic N) is 1. The Hall–Kier alpha value is -3.78. The van der Waals surface area contributed by atoms with E-state index >= 15 is 0 Å². The summed E-state index contributed by atoms with van der Waals surface area (Å²) in [6.07, 6.45) is 1.40. The van der Waals surface area contributed by atoms with Crippen LogP contribution >= 0.6 is 15.9 Å². The Balaban J connectivity index is 1.92. The topological polar surface area (TPSA) is 101 Å². The summed E-state index contributed by atoms with van der Waals surface area (Å²) in [4.78, 5) is 36.1. The number of rotatable bonds is 6.